The smallest absolute Gasteiger partial charge is 0.408 e. The van der Waals surface area contributed by atoms with Gasteiger partial charge in [0.05, 0.1) is 22.2 Å². The molecule has 8 nitrogen and oxygen atoms in total. The van der Waals surface area contributed by atoms with Crippen LogP contribution in [0.1, 0.15) is 0 Å². The van der Waals surface area contributed by atoms with Crippen LogP contribution in [0, 0.1) is 0 Å². The Labute approximate surface area is 141 Å². The maximum absolute atomic E-state index is 12.6. The Balaban J connectivity index is 1.72. The highest BCUT2D eigenvalue weighted by atomic mass is 32.2. The van der Waals surface area contributed by atoms with E-state index in [4.69, 9.17) is 8.94 Å². The Morgan fingerprint density at radius 1 is 1.08 bits per heavy atom. The summed E-state index contributed by atoms with van der Waals surface area (Å²) in [6, 6.07) is 13.2. The molecule has 0 fully saturated rings. The van der Waals surface area contributed by atoms with Gasteiger partial charge in [-0.15, -0.1) is 0 Å². The molecule has 4 rings (SSSR count). The van der Waals surface area contributed by atoms with Crippen molar-refractivity contribution in [3.8, 4) is 11.1 Å². The van der Waals surface area contributed by atoms with Crippen molar-refractivity contribution in [3.05, 3.63) is 65.3 Å². The monoisotopic (exact) mass is 357 g/mol. The summed E-state index contributed by atoms with van der Waals surface area (Å²) in [5.74, 6) is -0.652. The average molecular weight is 357 g/mol. The van der Waals surface area contributed by atoms with Gasteiger partial charge in [-0.3, -0.25) is 4.98 Å². The number of nitrogens with one attached hydrogen (secondary N) is 2. The number of nitrogens with zero attached hydrogens (tertiary/aromatic N) is 1. The standard InChI is InChI=1S/C16H11N3O5S/c20-16-18-13-7-6-11(8-14(13)23-16)25(21,22)19-15-12(9-17-24-15)10-4-2-1-3-5-10/h1-9,19H,(H,18,20). The number of fused-ring (bicyclic) bond motifs is 1. The highest BCUT2D eigenvalue weighted by Crippen LogP contribution is 2.29. The van der Waals surface area contributed by atoms with Crippen molar-refractivity contribution < 1.29 is 17.4 Å². The Morgan fingerprint density at radius 2 is 1.88 bits per heavy atom. The molecule has 0 saturated carbocycles. The van der Waals surface area contributed by atoms with E-state index in [2.05, 4.69) is 14.9 Å². The third-order valence-corrected chi connectivity index (χ3v) is 4.91. The Bertz CT molecular complexity index is 1210. The molecule has 0 radical (unpaired) electrons. The van der Waals surface area contributed by atoms with Gasteiger partial charge >= 0.3 is 5.76 Å². The minimum Gasteiger partial charge on any atom is -0.408 e. The maximum atomic E-state index is 12.6. The lowest BCUT2D eigenvalue weighted by atomic mass is 10.1. The van der Waals surface area contributed by atoms with Crippen LogP contribution in [0.25, 0.3) is 22.2 Å². The first-order valence-corrected chi connectivity index (χ1v) is 8.67. The third kappa shape index (κ3) is 2.81. The molecule has 2 heterocycles. The second-order valence-electron chi connectivity index (χ2n) is 5.21. The first kappa shape index (κ1) is 15.2. The molecule has 0 saturated heterocycles. The average Bonchev–Trinajstić information content (AvgIpc) is 3.19. The molecule has 2 N–H and O–H groups in total. The molecule has 0 aliphatic rings. The van der Waals surface area contributed by atoms with E-state index in [0.717, 1.165) is 5.56 Å². The van der Waals surface area contributed by atoms with Crippen LogP contribution in [0.5, 0.6) is 0 Å². The lowest BCUT2D eigenvalue weighted by Gasteiger charge is -2.06. The molecular weight excluding hydrogens is 346 g/mol. The number of aromatic nitrogens is 2. The number of oxazole rings is 1. The van der Waals surface area contributed by atoms with E-state index in [0.29, 0.717) is 11.1 Å². The molecule has 9 heteroatoms. The zero-order valence-electron chi connectivity index (χ0n) is 12.6. The minimum atomic E-state index is -3.96. The lowest BCUT2D eigenvalue weighted by Crippen LogP contribution is -2.12. The molecule has 2 aromatic heterocycles. The molecule has 0 amide bonds. The first-order chi connectivity index (χ1) is 12.0. The third-order valence-electron chi connectivity index (χ3n) is 3.59. The SMILES string of the molecule is O=c1[nH]c2ccc(S(=O)(=O)Nc3oncc3-c3ccccc3)cc2o1. The molecule has 0 spiro atoms. The van der Waals surface area contributed by atoms with Crippen LogP contribution in [-0.2, 0) is 10.0 Å². The van der Waals surface area contributed by atoms with Crippen LogP contribution in [-0.4, -0.2) is 18.6 Å². The van der Waals surface area contributed by atoms with E-state index in [1.807, 2.05) is 30.3 Å². The Hall–Kier alpha value is -3.33. The molecule has 4 aromatic rings. The predicted octanol–water partition coefficient (Wildman–Crippen LogP) is 2.58. The van der Waals surface area contributed by atoms with E-state index >= 15 is 0 Å². The summed E-state index contributed by atoms with van der Waals surface area (Å²) in [5, 5.41) is 3.66. The first-order valence-electron chi connectivity index (χ1n) is 7.19. The summed E-state index contributed by atoms with van der Waals surface area (Å²) < 4.78 is 37.5. The van der Waals surface area contributed by atoms with Crippen molar-refractivity contribution >= 4 is 27.0 Å². The highest BCUT2D eigenvalue weighted by Gasteiger charge is 2.21. The zero-order valence-corrected chi connectivity index (χ0v) is 13.4. The van der Waals surface area contributed by atoms with Crippen LogP contribution in [0.2, 0.25) is 0 Å². The molecule has 2 aromatic carbocycles. The van der Waals surface area contributed by atoms with Crippen LogP contribution in [0.4, 0.5) is 5.88 Å². The molecule has 0 unspecified atom stereocenters. The minimum absolute atomic E-state index is 0.00168. The fourth-order valence-corrected chi connectivity index (χ4v) is 3.43. The number of hydrogen-bond acceptors (Lipinski definition) is 6. The van der Waals surface area contributed by atoms with Gasteiger partial charge in [0.15, 0.2) is 5.58 Å². The van der Waals surface area contributed by atoms with Crippen molar-refractivity contribution in [1.82, 2.24) is 10.1 Å². The summed E-state index contributed by atoms with van der Waals surface area (Å²) in [4.78, 5) is 13.6. The van der Waals surface area contributed by atoms with Crippen molar-refractivity contribution in [2.75, 3.05) is 4.72 Å². The van der Waals surface area contributed by atoms with Crippen LogP contribution in [0.3, 0.4) is 0 Å². The van der Waals surface area contributed by atoms with Crippen molar-refractivity contribution in [2.24, 2.45) is 0 Å². The van der Waals surface area contributed by atoms with Crippen LogP contribution in [0.15, 0.2) is 73.4 Å². The highest BCUT2D eigenvalue weighted by molar-refractivity contribution is 7.92. The summed E-state index contributed by atoms with van der Waals surface area (Å²) in [6.07, 6.45) is 1.43. The van der Waals surface area contributed by atoms with Gasteiger partial charge in [0.2, 0.25) is 5.88 Å². The number of hydrogen-bond donors (Lipinski definition) is 2. The predicted molar refractivity (Wildman–Crippen MR) is 89.6 cm³/mol. The van der Waals surface area contributed by atoms with Crippen molar-refractivity contribution in [3.63, 3.8) is 0 Å². The topological polar surface area (TPSA) is 118 Å². The quantitative estimate of drug-likeness (QED) is 0.579. The van der Waals surface area contributed by atoms with Gasteiger partial charge in [-0.2, -0.15) is 0 Å². The number of sulfonamides is 1. The van der Waals surface area contributed by atoms with Gasteiger partial charge < -0.3 is 8.94 Å². The van der Waals surface area contributed by atoms with Gasteiger partial charge in [-0.05, 0) is 17.7 Å². The van der Waals surface area contributed by atoms with Gasteiger partial charge in [0.25, 0.3) is 10.0 Å². The summed E-state index contributed by atoms with van der Waals surface area (Å²) in [7, 11) is -3.96. The van der Waals surface area contributed by atoms with E-state index < -0.39 is 15.8 Å². The van der Waals surface area contributed by atoms with Gasteiger partial charge in [0, 0.05) is 6.07 Å². The van der Waals surface area contributed by atoms with Crippen LogP contribution < -0.4 is 10.5 Å². The molecular formula is C16H11N3O5S. The Kier molecular flexibility index (Phi) is 3.43. The zero-order chi connectivity index (χ0) is 17.4. The lowest BCUT2D eigenvalue weighted by molar-refractivity contribution is 0.435. The van der Waals surface area contributed by atoms with Crippen molar-refractivity contribution in [2.45, 2.75) is 4.90 Å². The van der Waals surface area contributed by atoms with E-state index in [9.17, 15) is 13.2 Å². The molecule has 25 heavy (non-hydrogen) atoms. The van der Waals surface area contributed by atoms with E-state index in [-0.39, 0.29) is 16.4 Å². The molecule has 0 bridgehead atoms. The summed E-state index contributed by atoms with van der Waals surface area (Å²) >= 11 is 0. The second kappa shape index (κ2) is 5.64. The van der Waals surface area contributed by atoms with Gasteiger partial charge in [0.1, 0.15) is 0 Å². The number of aromatic amines is 1. The fourth-order valence-electron chi connectivity index (χ4n) is 2.41. The van der Waals surface area contributed by atoms with E-state index in [1.165, 1.54) is 24.4 Å². The fraction of sp³-hybridized carbons (Fsp3) is 0. The molecule has 0 aliphatic heterocycles. The number of rotatable bonds is 4. The second-order valence-corrected chi connectivity index (χ2v) is 6.90. The normalized spacial score (nSPS) is 11.7. The number of H-pyrrole nitrogens is 1. The molecule has 126 valence electrons. The largest absolute Gasteiger partial charge is 0.417 e. The van der Waals surface area contributed by atoms with Crippen LogP contribution >= 0.6 is 0 Å². The summed E-state index contributed by atoms with van der Waals surface area (Å²) in [5.41, 5.74) is 1.83. The van der Waals surface area contributed by atoms with Gasteiger partial charge in [-0.1, -0.05) is 35.5 Å². The molecule has 0 aliphatic carbocycles. The van der Waals surface area contributed by atoms with E-state index in [1.54, 1.807) is 0 Å². The number of anilines is 1. The number of benzene rings is 2. The Morgan fingerprint density at radius 3 is 2.68 bits per heavy atom. The maximum Gasteiger partial charge on any atom is 0.417 e. The summed E-state index contributed by atoms with van der Waals surface area (Å²) in [6.45, 7) is 0. The van der Waals surface area contributed by atoms with Crippen molar-refractivity contribution in [1.29, 1.82) is 0 Å². The molecule has 0 atom stereocenters. The van der Waals surface area contributed by atoms with Gasteiger partial charge in [-0.25, -0.2) is 17.9 Å².